The molecule has 1 saturated heterocycles. The zero-order chi connectivity index (χ0) is 27.3. The normalized spacial score (nSPS) is 21.1. The first kappa shape index (κ1) is 33.1. The van der Waals surface area contributed by atoms with E-state index < -0.39 is 24.1 Å². The summed E-state index contributed by atoms with van der Waals surface area (Å²) in [5.41, 5.74) is 3.24. The van der Waals surface area contributed by atoms with Crippen molar-refractivity contribution in [3.63, 3.8) is 0 Å². The predicted octanol–water partition coefficient (Wildman–Crippen LogP) is -0.933. The van der Waals surface area contributed by atoms with Gasteiger partial charge in [0.05, 0.1) is 58.3 Å². The number of quaternary nitrogens is 2. The second-order valence-electron chi connectivity index (χ2n) is 8.38. The van der Waals surface area contributed by atoms with Crippen LogP contribution in [0.3, 0.4) is 0 Å². The van der Waals surface area contributed by atoms with Gasteiger partial charge in [-0.25, -0.2) is 15.0 Å². The number of imidazole rings is 1. The fourth-order valence-electron chi connectivity index (χ4n) is 3.78. The molecule has 1 fully saturated rings. The number of nitrogen functional groups attached to an aromatic ring is 1. The number of hydrogen-bond acceptors (Lipinski definition) is 10. The topological polar surface area (TPSA) is 140 Å². The Morgan fingerprint density at radius 2 is 1.64 bits per heavy atom. The third kappa shape index (κ3) is 10.8. The van der Waals surface area contributed by atoms with Gasteiger partial charge in [0, 0.05) is 6.42 Å². The minimum Gasteiger partial charge on any atom is -0.819 e. The molecule has 0 radical (unpaired) electrons. The van der Waals surface area contributed by atoms with E-state index in [2.05, 4.69) is 80.5 Å². The van der Waals surface area contributed by atoms with E-state index in [0.717, 1.165) is 0 Å². The SMILES string of the molecule is CC[NH+](CC)CC.CC[NH+](CC)CC.Nc1ncnc2c1ncn2[C@H]1C[C@H](O)[C@@H](COP([O-])(=S)[S-])O1. The van der Waals surface area contributed by atoms with Crippen LogP contribution in [0.25, 0.3) is 11.2 Å². The quantitative estimate of drug-likeness (QED) is 0.211. The summed E-state index contributed by atoms with van der Waals surface area (Å²) < 4.78 is 12.2. The van der Waals surface area contributed by atoms with E-state index in [-0.39, 0.29) is 12.4 Å². The summed E-state index contributed by atoms with van der Waals surface area (Å²) in [6.45, 7) is 20.8. The van der Waals surface area contributed by atoms with Crippen molar-refractivity contribution >= 4 is 46.7 Å². The molecule has 36 heavy (non-hydrogen) atoms. The molecule has 2 aromatic rings. The van der Waals surface area contributed by atoms with Crippen LogP contribution in [-0.4, -0.2) is 82.7 Å². The molecule has 0 aromatic carbocycles. The Hall–Kier alpha value is -0.890. The summed E-state index contributed by atoms with van der Waals surface area (Å²) in [5.74, 6) is 0.264. The first-order valence-electron chi connectivity index (χ1n) is 12.6. The van der Waals surface area contributed by atoms with E-state index in [1.165, 1.54) is 51.9 Å². The minimum absolute atomic E-state index is 0.133. The molecule has 14 heteroatoms. The van der Waals surface area contributed by atoms with E-state index in [1.807, 2.05) is 0 Å². The maximum Gasteiger partial charge on any atom is 0.167 e. The third-order valence-corrected chi connectivity index (χ3v) is 7.40. The number of nitrogens with two attached hydrogens (primary N) is 1. The zero-order valence-electron chi connectivity index (χ0n) is 22.3. The van der Waals surface area contributed by atoms with Gasteiger partial charge >= 0.3 is 0 Å². The summed E-state index contributed by atoms with van der Waals surface area (Å²) in [4.78, 5) is 26.7. The number of aliphatic hydroxyl groups is 1. The molecule has 0 saturated carbocycles. The number of nitrogens with zero attached hydrogens (tertiary/aromatic N) is 4. The Balaban J connectivity index is 0.000000383. The molecule has 2 aromatic heterocycles. The van der Waals surface area contributed by atoms with Gasteiger partial charge in [0.15, 0.2) is 11.5 Å². The van der Waals surface area contributed by atoms with Crippen LogP contribution < -0.4 is 20.4 Å². The Labute approximate surface area is 225 Å². The van der Waals surface area contributed by atoms with Gasteiger partial charge in [-0.2, -0.15) is 0 Å². The summed E-state index contributed by atoms with van der Waals surface area (Å²) in [6, 6.07) is 0. The van der Waals surface area contributed by atoms with Gasteiger partial charge in [0.2, 0.25) is 0 Å². The van der Waals surface area contributed by atoms with Crippen LogP contribution in [0, 0.1) is 0 Å². The Bertz CT molecular complexity index is 902. The molecule has 1 aliphatic rings. The summed E-state index contributed by atoms with van der Waals surface area (Å²) in [6.07, 6.45) is 1.15. The summed E-state index contributed by atoms with van der Waals surface area (Å²) >= 11 is 9.02. The molecule has 208 valence electrons. The molecule has 1 aliphatic heterocycles. The van der Waals surface area contributed by atoms with Crippen LogP contribution in [0.4, 0.5) is 5.82 Å². The highest BCUT2D eigenvalue weighted by Crippen LogP contribution is 2.37. The van der Waals surface area contributed by atoms with Crippen molar-refractivity contribution in [3.8, 4) is 0 Å². The maximum absolute atomic E-state index is 11.2. The number of rotatable bonds is 10. The van der Waals surface area contributed by atoms with Gasteiger partial charge in [-0.15, -0.1) is 17.5 Å². The number of fused-ring (bicyclic) bond motifs is 1. The van der Waals surface area contributed by atoms with Crippen LogP contribution in [-0.2, 0) is 33.3 Å². The van der Waals surface area contributed by atoms with Crippen LogP contribution >= 0.6 is 5.69 Å². The predicted molar refractivity (Wildman–Crippen MR) is 147 cm³/mol. The highest BCUT2D eigenvalue weighted by Gasteiger charge is 2.36. The fraction of sp³-hybridized carbons (Fsp3) is 0.773. The number of aliphatic hydroxyl groups excluding tert-OH is 1. The van der Waals surface area contributed by atoms with Crippen LogP contribution in [0.2, 0.25) is 0 Å². The highest BCUT2D eigenvalue weighted by atomic mass is 32.9. The molecule has 1 unspecified atom stereocenters. The Morgan fingerprint density at radius 1 is 1.11 bits per heavy atom. The maximum atomic E-state index is 11.2. The van der Waals surface area contributed by atoms with E-state index in [1.54, 1.807) is 14.4 Å². The lowest BCUT2D eigenvalue weighted by molar-refractivity contribution is -0.894. The molecule has 4 atom stereocenters. The molecule has 0 aliphatic carbocycles. The fourth-order valence-corrected chi connectivity index (χ4v) is 4.48. The smallest absolute Gasteiger partial charge is 0.167 e. The molecule has 0 amide bonds. The van der Waals surface area contributed by atoms with Crippen molar-refractivity contribution in [2.24, 2.45) is 0 Å². The first-order chi connectivity index (χ1) is 17.0. The second-order valence-corrected chi connectivity index (χ2v) is 13.1. The molecular weight excluding hydrogens is 521 g/mol. The Kier molecular flexibility index (Phi) is 15.5. The molecule has 11 nitrogen and oxygen atoms in total. The zero-order valence-corrected chi connectivity index (χ0v) is 24.9. The Morgan fingerprint density at radius 3 is 2.08 bits per heavy atom. The number of hydrogen-bond donors (Lipinski definition) is 4. The lowest BCUT2D eigenvalue weighted by Gasteiger charge is -2.36. The van der Waals surface area contributed by atoms with Gasteiger partial charge in [-0.3, -0.25) is 4.57 Å². The standard InChI is InChI=1S/C10H14N5O4PS2.2C6H15N/c11-9-8-10(13-3-12-9)15(4-14-8)7-1-5(16)6(19-7)2-18-20(17,21)22;2*1-4-7(5-2)6-3/h3-7,16H,1-2H2,(H2,11,12,13)(H2,17,21,22);2*4-6H2,1-3H3/t5-,6+,7+;;/m0../s1. The van der Waals surface area contributed by atoms with Crippen molar-refractivity contribution in [1.29, 1.82) is 0 Å². The van der Waals surface area contributed by atoms with E-state index >= 15 is 0 Å². The molecule has 3 heterocycles. The molecule has 0 bridgehead atoms. The lowest BCUT2D eigenvalue weighted by atomic mass is 10.2. The average Bonchev–Trinajstić information content (AvgIpc) is 3.44. The van der Waals surface area contributed by atoms with Crippen molar-refractivity contribution in [2.45, 2.75) is 66.4 Å². The molecule has 3 rings (SSSR count). The molecular formula is C22H44N7O4PS2. The second kappa shape index (κ2) is 16.8. The first-order valence-corrected chi connectivity index (χ1v) is 16.3. The van der Waals surface area contributed by atoms with Gasteiger partial charge in [-0.1, -0.05) is 0 Å². The number of aromatic nitrogens is 4. The third-order valence-electron chi connectivity index (χ3n) is 6.30. The highest BCUT2D eigenvalue weighted by molar-refractivity contribution is 8.50. The van der Waals surface area contributed by atoms with Crippen molar-refractivity contribution in [3.05, 3.63) is 12.7 Å². The summed E-state index contributed by atoms with van der Waals surface area (Å²) in [5, 5.41) is 10.0. The largest absolute Gasteiger partial charge is 0.819 e. The number of anilines is 1. The van der Waals surface area contributed by atoms with Crippen LogP contribution in [0.1, 0.15) is 54.2 Å². The van der Waals surface area contributed by atoms with E-state index in [4.69, 9.17) is 15.0 Å². The van der Waals surface area contributed by atoms with Crippen molar-refractivity contribution in [1.82, 2.24) is 19.5 Å². The van der Waals surface area contributed by atoms with E-state index in [0.29, 0.717) is 17.6 Å². The van der Waals surface area contributed by atoms with Gasteiger partial charge in [0.25, 0.3) is 0 Å². The average molecular weight is 566 g/mol. The number of nitrogens with one attached hydrogen (secondary N) is 2. The van der Waals surface area contributed by atoms with Gasteiger partial charge < -0.3 is 47.0 Å². The van der Waals surface area contributed by atoms with Crippen molar-refractivity contribution in [2.75, 3.05) is 51.6 Å². The lowest BCUT2D eigenvalue weighted by Crippen LogP contribution is -3.11. The van der Waals surface area contributed by atoms with Gasteiger partial charge in [0.1, 0.15) is 24.2 Å². The molecule has 5 N–H and O–H groups in total. The number of ether oxygens (including phenoxy) is 1. The summed E-state index contributed by atoms with van der Waals surface area (Å²) in [7, 11) is 0. The molecule has 0 spiro atoms. The van der Waals surface area contributed by atoms with Crippen molar-refractivity contribution < 1.29 is 29.1 Å². The minimum atomic E-state index is -3.45. The van der Waals surface area contributed by atoms with E-state index in [9.17, 15) is 10.00 Å². The van der Waals surface area contributed by atoms with Crippen LogP contribution in [0.15, 0.2) is 12.7 Å². The monoisotopic (exact) mass is 565 g/mol. The van der Waals surface area contributed by atoms with Gasteiger partial charge in [-0.05, 0) is 41.5 Å². The van der Waals surface area contributed by atoms with Crippen LogP contribution in [0.5, 0.6) is 0 Å².